The highest BCUT2D eigenvalue weighted by atomic mass is 16.3. The van der Waals surface area contributed by atoms with Gasteiger partial charge in [0.1, 0.15) is 0 Å². The lowest BCUT2D eigenvalue weighted by atomic mass is 9.87. The standard InChI is InChI=1S/C19H27NO/c1-13(2)15-9-10-16(17(12-15)19(5,6)21)18-8-7-11-20(18)14(3)4/h7-14,21H,1-6H3. The van der Waals surface area contributed by atoms with Crippen molar-refractivity contribution in [2.75, 3.05) is 0 Å². The second kappa shape index (κ2) is 5.69. The van der Waals surface area contributed by atoms with Crippen LogP contribution in [0.4, 0.5) is 0 Å². The molecule has 2 aromatic rings. The summed E-state index contributed by atoms with van der Waals surface area (Å²) in [5.41, 5.74) is 3.68. The Morgan fingerprint density at radius 2 is 1.71 bits per heavy atom. The Hall–Kier alpha value is -1.54. The largest absolute Gasteiger partial charge is 0.386 e. The number of hydrogen-bond acceptors (Lipinski definition) is 1. The Morgan fingerprint density at radius 1 is 1.05 bits per heavy atom. The summed E-state index contributed by atoms with van der Waals surface area (Å²) in [6.45, 7) is 12.4. The van der Waals surface area contributed by atoms with Crippen molar-refractivity contribution in [1.29, 1.82) is 0 Å². The molecule has 2 heteroatoms. The van der Waals surface area contributed by atoms with E-state index in [1.165, 1.54) is 5.56 Å². The maximum Gasteiger partial charge on any atom is 0.0847 e. The summed E-state index contributed by atoms with van der Waals surface area (Å²) in [7, 11) is 0. The van der Waals surface area contributed by atoms with Crippen molar-refractivity contribution in [2.24, 2.45) is 0 Å². The normalized spacial score (nSPS) is 12.4. The molecule has 0 bridgehead atoms. The molecule has 0 atom stereocenters. The SMILES string of the molecule is CC(C)c1ccc(-c2cccn2C(C)C)c(C(C)(C)O)c1. The maximum absolute atomic E-state index is 10.6. The van der Waals surface area contributed by atoms with Gasteiger partial charge < -0.3 is 9.67 Å². The monoisotopic (exact) mass is 285 g/mol. The van der Waals surface area contributed by atoms with E-state index in [2.05, 4.69) is 68.8 Å². The van der Waals surface area contributed by atoms with Crippen LogP contribution in [0, 0.1) is 0 Å². The van der Waals surface area contributed by atoms with Crippen LogP contribution in [0.3, 0.4) is 0 Å². The molecule has 0 aliphatic rings. The van der Waals surface area contributed by atoms with Gasteiger partial charge in [0, 0.05) is 23.5 Å². The Kier molecular flexibility index (Phi) is 4.29. The summed E-state index contributed by atoms with van der Waals surface area (Å²) in [6.07, 6.45) is 2.10. The summed E-state index contributed by atoms with van der Waals surface area (Å²) in [5, 5.41) is 10.6. The topological polar surface area (TPSA) is 25.2 Å². The molecular formula is C19H27NO. The van der Waals surface area contributed by atoms with Crippen molar-refractivity contribution in [1.82, 2.24) is 4.57 Å². The van der Waals surface area contributed by atoms with E-state index in [0.717, 1.165) is 16.8 Å². The molecule has 0 fully saturated rings. The molecule has 0 amide bonds. The zero-order valence-corrected chi connectivity index (χ0v) is 14.0. The lowest BCUT2D eigenvalue weighted by Crippen LogP contribution is -2.18. The third-order valence-electron chi connectivity index (χ3n) is 3.98. The molecule has 0 spiro atoms. The van der Waals surface area contributed by atoms with Crippen LogP contribution >= 0.6 is 0 Å². The molecule has 0 aliphatic carbocycles. The van der Waals surface area contributed by atoms with Crippen molar-refractivity contribution in [3.63, 3.8) is 0 Å². The molecule has 1 heterocycles. The number of hydrogen-bond donors (Lipinski definition) is 1. The van der Waals surface area contributed by atoms with E-state index in [9.17, 15) is 5.11 Å². The molecule has 1 aromatic heterocycles. The Bertz CT molecular complexity index is 615. The van der Waals surface area contributed by atoms with Gasteiger partial charge in [0.2, 0.25) is 0 Å². The number of benzene rings is 1. The van der Waals surface area contributed by atoms with E-state index < -0.39 is 5.60 Å². The molecule has 0 saturated heterocycles. The Labute approximate surface area is 128 Å². The molecule has 2 rings (SSSR count). The molecule has 1 aromatic carbocycles. The van der Waals surface area contributed by atoms with Crippen LogP contribution in [0.15, 0.2) is 36.5 Å². The first-order valence-electron chi connectivity index (χ1n) is 7.76. The lowest BCUT2D eigenvalue weighted by molar-refractivity contribution is 0.0790. The fraction of sp³-hybridized carbons (Fsp3) is 0.474. The van der Waals surface area contributed by atoms with E-state index in [0.29, 0.717) is 12.0 Å². The van der Waals surface area contributed by atoms with Gasteiger partial charge in [-0.3, -0.25) is 0 Å². The third kappa shape index (κ3) is 3.21. The van der Waals surface area contributed by atoms with Crippen LogP contribution < -0.4 is 0 Å². The average molecular weight is 285 g/mol. The predicted molar refractivity (Wildman–Crippen MR) is 89.6 cm³/mol. The minimum atomic E-state index is -0.855. The second-order valence-electron chi connectivity index (χ2n) is 6.91. The zero-order chi connectivity index (χ0) is 15.8. The second-order valence-corrected chi connectivity index (χ2v) is 6.91. The van der Waals surface area contributed by atoms with Crippen LogP contribution in [0.1, 0.15) is 64.6 Å². The van der Waals surface area contributed by atoms with Gasteiger partial charge in [-0.2, -0.15) is 0 Å². The van der Waals surface area contributed by atoms with Crippen molar-refractivity contribution < 1.29 is 5.11 Å². The van der Waals surface area contributed by atoms with Crippen LogP contribution in [0.25, 0.3) is 11.3 Å². The van der Waals surface area contributed by atoms with Gasteiger partial charge in [-0.1, -0.05) is 32.0 Å². The highest BCUT2D eigenvalue weighted by Gasteiger charge is 2.23. The quantitative estimate of drug-likeness (QED) is 0.832. The minimum Gasteiger partial charge on any atom is -0.386 e. The van der Waals surface area contributed by atoms with Gasteiger partial charge in [0.25, 0.3) is 0 Å². The van der Waals surface area contributed by atoms with E-state index >= 15 is 0 Å². The fourth-order valence-corrected chi connectivity index (χ4v) is 2.72. The first-order chi connectivity index (χ1) is 9.71. The number of nitrogens with zero attached hydrogens (tertiary/aromatic N) is 1. The first kappa shape index (κ1) is 15.8. The van der Waals surface area contributed by atoms with E-state index in [1.807, 2.05) is 13.8 Å². The van der Waals surface area contributed by atoms with E-state index in [4.69, 9.17) is 0 Å². The zero-order valence-electron chi connectivity index (χ0n) is 14.0. The van der Waals surface area contributed by atoms with Gasteiger partial charge in [0.05, 0.1) is 5.60 Å². The molecule has 0 radical (unpaired) electrons. The predicted octanol–water partition coefficient (Wildman–Crippen LogP) is 5.09. The molecule has 114 valence electrons. The summed E-state index contributed by atoms with van der Waals surface area (Å²) >= 11 is 0. The lowest BCUT2D eigenvalue weighted by Gasteiger charge is -2.25. The van der Waals surface area contributed by atoms with Crippen LogP contribution in [0.5, 0.6) is 0 Å². The Balaban J connectivity index is 2.66. The molecule has 2 nitrogen and oxygen atoms in total. The maximum atomic E-state index is 10.6. The fourth-order valence-electron chi connectivity index (χ4n) is 2.72. The number of aromatic nitrogens is 1. The summed E-state index contributed by atoms with van der Waals surface area (Å²) < 4.78 is 2.25. The summed E-state index contributed by atoms with van der Waals surface area (Å²) in [5.74, 6) is 0.456. The van der Waals surface area contributed by atoms with Crippen LogP contribution in [-0.4, -0.2) is 9.67 Å². The smallest absolute Gasteiger partial charge is 0.0847 e. The van der Waals surface area contributed by atoms with E-state index in [1.54, 1.807) is 0 Å². The molecule has 21 heavy (non-hydrogen) atoms. The molecule has 1 N–H and O–H groups in total. The van der Waals surface area contributed by atoms with Crippen molar-refractivity contribution >= 4 is 0 Å². The van der Waals surface area contributed by atoms with Gasteiger partial charge in [0.15, 0.2) is 0 Å². The van der Waals surface area contributed by atoms with Gasteiger partial charge in [-0.15, -0.1) is 0 Å². The molecule has 0 unspecified atom stereocenters. The highest BCUT2D eigenvalue weighted by Crippen LogP contribution is 2.35. The number of aliphatic hydroxyl groups is 1. The van der Waals surface area contributed by atoms with Gasteiger partial charge in [-0.25, -0.2) is 0 Å². The van der Waals surface area contributed by atoms with Crippen LogP contribution in [0.2, 0.25) is 0 Å². The molecular weight excluding hydrogens is 258 g/mol. The van der Waals surface area contributed by atoms with Crippen molar-refractivity contribution in [2.45, 2.75) is 59.1 Å². The van der Waals surface area contributed by atoms with Gasteiger partial charge >= 0.3 is 0 Å². The third-order valence-corrected chi connectivity index (χ3v) is 3.98. The highest BCUT2D eigenvalue weighted by molar-refractivity contribution is 5.67. The summed E-state index contributed by atoms with van der Waals surface area (Å²) in [6, 6.07) is 11.1. The number of rotatable bonds is 4. The molecule has 0 saturated carbocycles. The Morgan fingerprint density at radius 3 is 2.24 bits per heavy atom. The van der Waals surface area contributed by atoms with Crippen molar-refractivity contribution in [3.8, 4) is 11.3 Å². The first-order valence-corrected chi connectivity index (χ1v) is 7.76. The average Bonchev–Trinajstić information content (AvgIpc) is 2.86. The van der Waals surface area contributed by atoms with Crippen LogP contribution in [-0.2, 0) is 5.60 Å². The van der Waals surface area contributed by atoms with Crippen molar-refractivity contribution in [3.05, 3.63) is 47.7 Å². The minimum absolute atomic E-state index is 0.398. The van der Waals surface area contributed by atoms with Gasteiger partial charge in [-0.05, 0) is 56.9 Å². The molecule has 0 aliphatic heterocycles. The van der Waals surface area contributed by atoms with E-state index in [-0.39, 0.29) is 0 Å². The summed E-state index contributed by atoms with van der Waals surface area (Å²) in [4.78, 5) is 0.